The molecule has 1 aliphatic heterocycles. The maximum absolute atomic E-state index is 11.9. The number of rotatable bonds is 2. The van der Waals surface area contributed by atoms with Crippen LogP contribution in [0.15, 0.2) is 24.3 Å². The van der Waals surface area contributed by atoms with Crippen LogP contribution in [0.2, 0.25) is 0 Å². The van der Waals surface area contributed by atoms with E-state index in [0.29, 0.717) is 13.2 Å². The van der Waals surface area contributed by atoms with Gasteiger partial charge in [0, 0.05) is 0 Å². The summed E-state index contributed by atoms with van der Waals surface area (Å²) in [6, 6.07) is 6.12. The van der Waals surface area contributed by atoms with E-state index in [0.717, 1.165) is 6.42 Å². The second kappa shape index (κ2) is 4.32. The summed E-state index contributed by atoms with van der Waals surface area (Å²) in [5.74, 6) is -1.50. The molecule has 0 saturated carbocycles. The standard InChI is InChI=1S/C11H11NO4/c13-10(12-6-3-7-16-12)8-4-1-2-5-9(8)11(14)15/h1-2,4-5H,3,6-7H2,(H,14,15). The third kappa shape index (κ3) is 1.90. The van der Waals surface area contributed by atoms with E-state index in [1.165, 1.54) is 17.2 Å². The Bertz CT molecular complexity index is 424. The van der Waals surface area contributed by atoms with Crippen molar-refractivity contribution in [2.45, 2.75) is 6.42 Å². The Morgan fingerprint density at radius 2 is 1.94 bits per heavy atom. The molecule has 84 valence electrons. The lowest BCUT2D eigenvalue weighted by atomic mass is 10.1. The lowest BCUT2D eigenvalue weighted by molar-refractivity contribution is -0.0769. The van der Waals surface area contributed by atoms with Gasteiger partial charge >= 0.3 is 5.97 Å². The van der Waals surface area contributed by atoms with E-state index in [9.17, 15) is 9.59 Å². The van der Waals surface area contributed by atoms with Crippen LogP contribution in [-0.4, -0.2) is 35.2 Å². The summed E-state index contributed by atoms with van der Waals surface area (Å²) in [5.41, 5.74) is 0.167. The van der Waals surface area contributed by atoms with E-state index >= 15 is 0 Å². The van der Waals surface area contributed by atoms with Gasteiger partial charge in [0.1, 0.15) is 0 Å². The molecule has 0 radical (unpaired) electrons. The normalized spacial score (nSPS) is 15.1. The smallest absolute Gasteiger partial charge is 0.336 e. The molecule has 2 rings (SSSR count). The van der Waals surface area contributed by atoms with Gasteiger partial charge in [0.2, 0.25) is 0 Å². The van der Waals surface area contributed by atoms with Gasteiger partial charge < -0.3 is 5.11 Å². The molecule has 1 aliphatic rings. The second-order valence-electron chi connectivity index (χ2n) is 3.44. The van der Waals surface area contributed by atoms with Crippen LogP contribution < -0.4 is 0 Å². The molecule has 0 atom stereocenters. The highest BCUT2D eigenvalue weighted by molar-refractivity contribution is 6.04. The molecule has 0 aliphatic carbocycles. The average molecular weight is 221 g/mol. The fourth-order valence-corrected chi connectivity index (χ4v) is 1.60. The largest absolute Gasteiger partial charge is 0.478 e. The summed E-state index contributed by atoms with van der Waals surface area (Å²) >= 11 is 0. The lowest BCUT2D eigenvalue weighted by Crippen LogP contribution is -2.28. The van der Waals surface area contributed by atoms with Gasteiger partial charge in [-0.1, -0.05) is 12.1 Å². The first-order chi connectivity index (χ1) is 7.70. The van der Waals surface area contributed by atoms with Crippen molar-refractivity contribution in [3.63, 3.8) is 0 Å². The molecule has 1 N–H and O–H groups in total. The molecule has 5 heteroatoms. The number of hydrogen-bond donors (Lipinski definition) is 1. The van der Waals surface area contributed by atoms with Crippen molar-refractivity contribution in [2.24, 2.45) is 0 Å². The molecular weight excluding hydrogens is 210 g/mol. The van der Waals surface area contributed by atoms with Crippen molar-refractivity contribution < 1.29 is 19.5 Å². The second-order valence-corrected chi connectivity index (χ2v) is 3.44. The Labute approximate surface area is 92.2 Å². The molecule has 1 aromatic rings. The van der Waals surface area contributed by atoms with Crippen molar-refractivity contribution in [1.82, 2.24) is 5.06 Å². The number of nitrogens with zero attached hydrogens (tertiary/aromatic N) is 1. The van der Waals surface area contributed by atoms with Crippen LogP contribution in [-0.2, 0) is 4.84 Å². The SMILES string of the molecule is O=C(O)c1ccccc1C(=O)N1CCCO1. The number of amides is 1. The van der Waals surface area contributed by atoms with Crippen molar-refractivity contribution >= 4 is 11.9 Å². The lowest BCUT2D eigenvalue weighted by Gasteiger charge is -2.14. The maximum atomic E-state index is 11.9. The van der Waals surface area contributed by atoms with Crippen LogP contribution in [0.4, 0.5) is 0 Å². The Morgan fingerprint density at radius 1 is 1.25 bits per heavy atom. The van der Waals surface area contributed by atoms with E-state index in [1.54, 1.807) is 12.1 Å². The van der Waals surface area contributed by atoms with Gasteiger partial charge in [0.15, 0.2) is 0 Å². The van der Waals surface area contributed by atoms with Gasteiger partial charge in [-0.15, -0.1) is 0 Å². The molecule has 0 unspecified atom stereocenters. The summed E-state index contributed by atoms with van der Waals surface area (Å²) in [6.07, 6.45) is 0.779. The van der Waals surface area contributed by atoms with Gasteiger partial charge in [-0.3, -0.25) is 9.63 Å². The molecule has 1 amide bonds. The molecule has 16 heavy (non-hydrogen) atoms. The average Bonchev–Trinajstić information content (AvgIpc) is 2.81. The first-order valence-electron chi connectivity index (χ1n) is 4.97. The third-order valence-electron chi connectivity index (χ3n) is 2.37. The van der Waals surface area contributed by atoms with Gasteiger partial charge in [0.05, 0.1) is 24.3 Å². The van der Waals surface area contributed by atoms with Crippen LogP contribution in [0, 0.1) is 0 Å². The number of aromatic carboxylic acids is 1. The minimum atomic E-state index is -1.11. The topological polar surface area (TPSA) is 66.8 Å². The molecule has 0 spiro atoms. The highest BCUT2D eigenvalue weighted by Gasteiger charge is 2.24. The number of hydroxylamine groups is 2. The number of carbonyl (C=O) groups excluding carboxylic acids is 1. The van der Waals surface area contributed by atoms with Gasteiger partial charge in [-0.05, 0) is 18.6 Å². The zero-order chi connectivity index (χ0) is 11.5. The molecule has 1 heterocycles. The summed E-state index contributed by atoms with van der Waals surface area (Å²) in [6.45, 7) is 1.01. The fourth-order valence-electron chi connectivity index (χ4n) is 1.60. The zero-order valence-electron chi connectivity index (χ0n) is 8.55. The predicted octanol–water partition coefficient (Wildman–Crippen LogP) is 1.16. The Hall–Kier alpha value is -1.88. The van der Waals surface area contributed by atoms with E-state index in [-0.39, 0.29) is 11.1 Å². The molecule has 1 saturated heterocycles. The summed E-state index contributed by atoms with van der Waals surface area (Å²) in [7, 11) is 0. The van der Waals surface area contributed by atoms with Gasteiger partial charge in [0.25, 0.3) is 5.91 Å². The van der Waals surface area contributed by atoms with Crippen molar-refractivity contribution in [1.29, 1.82) is 0 Å². The fraction of sp³-hybridized carbons (Fsp3) is 0.273. The number of carbonyl (C=O) groups is 2. The molecule has 0 aromatic heterocycles. The predicted molar refractivity (Wildman–Crippen MR) is 55.0 cm³/mol. The minimum Gasteiger partial charge on any atom is -0.478 e. The highest BCUT2D eigenvalue weighted by atomic mass is 16.7. The van der Waals surface area contributed by atoms with E-state index in [1.807, 2.05) is 0 Å². The molecule has 0 bridgehead atoms. The van der Waals surface area contributed by atoms with E-state index < -0.39 is 11.9 Å². The summed E-state index contributed by atoms with van der Waals surface area (Å²) in [4.78, 5) is 27.9. The Kier molecular flexibility index (Phi) is 2.87. The van der Waals surface area contributed by atoms with Crippen LogP contribution in [0.25, 0.3) is 0 Å². The maximum Gasteiger partial charge on any atom is 0.336 e. The Morgan fingerprint density at radius 3 is 2.50 bits per heavy atom. The quantitative estimate of drug-likeness (QED) is 0.813. The van der Waals surface area contributed by atoms with E-state index in [2.05, 4.69) is 0 Å². The van der Waals surface area contributed by atoms with Crippen molar-refractivity contribution in [3.8, 4) is 0 Å². The van der Waals surface area contributed by atoms with Crippen LogP contribution in [0.1, 0.15) is 27.1 Å². The number of hydrogen-bond acceptors (Lipinski definition) is 3. The molecule has 1 fully saturated rings. The zero-order valence-corrected chi connectivity index (χ0v) is 8.55. The molecule has 5 nitrogen and oxygen atoms in total. The minimum absolute atomic E-state index is 0.00278. The van der Waals surface area contributed by atoms with Gasteiger partial charge in [-0.2, -0.15) is 0 Å². The van der Waals surface area contributed by atoms with E-state index in [4.69, 9.17) is 9.94 Å². The number of benzene rings is 1. The van der Waals surface area contributed by atoms with Crippen molar-refractivity contribution in [2.75, 3.05) is 13.2 Å². The Balaban J connectivity index is 2.32. The first kappa shape index (κ1) is 10.6. The molecular formula is C11H11NO4. The van der Waals surface area contributed by atoms with Crippen LogP contribution in [0.5, 0.6) is 0 Å². The van der Waals surface area contributed by atoms with Crippen LogP contribution >= 0.6 is 0 Å². The molecule has 1 aromatic carbocycles. The summed E-state index contributed by atoms with van der Waals surface area (Å²) in [5, 5.41) is 10.2. The number of carboxylic acids is 1. The van der Waals surface area contributed by atoms with Gasteiger partial charge in [-0.25, -0.2) is 9.86 Å². The third-order valence-corrected chi connectivity index (χ3v) is 2.37. The first-order valence-corrected chi connectivity index (χ1v) is 4.97. The monoisotopic (exact) mass is 221 g/mol. The van der Waals surface area contributed by atoms with Crippen LogP contribution in [0.3, 0.4) is 0 Å². The number of carboxylic acid groups (broad SMARTS) is 1. The highest BCUT2D eigenvalue weighted by Crippen LogP contribution is 2.15. The summed E-state index contributed by atoms with van der Waals surface area (Å²) < 4.78 is 0. The van der Waals surface area contributed by atoms with Crippen molar-refractivity contribution in [3.05, 3.63) is 35.4 Å².